The van der Waals surface area contributed by atoms with Gasteiger partial charge in [-0.05, 0) is 48.0 Å². The highest BCUT2D eigenvalue weighted by Gasteiger charge is 2.27. The van der Waals surface area contributed by atoms with Gasteiger partial charge in [0.1, 0.15) is 5.15 Å². The summed E-state index contributed by atoms with van der Waals surface area (Å²) < 4.78 is 1.76. The molecule has 8 heteroatoms. The van der Waals surface area contributed by atoms with E-state index in [4.69, 9.17) is 34.8 Å². The van der Waals surface area contributed by atoms with E-state index in [9.17, 15) is 9.59 Å². The first kappa shape index (κ1) is 20.4. The third-order valence-corrected chi connectivity index (χ3v) is 5.45. The number of aromatic nitrogens is 2. The van der Waals surface area contributed by atoms with Crippen LogP contribution >= 0.6 is 34.8 Å². The Morgan fingerprint density at radius 2 is 1.70 bits per heavy atom. The normalized spacial score (nSPS) is 10.9. The van der Waals surface area contributed by atoms with Crippen molar-refractivity contribution in [3.8, 4) is 0 Å². The molecule has 0 aliphatic rings. The van der Waals surface area contributed by atoms with Crippen LogP contribution in [0.5, 0.6) is 0 Å². The number of carbonyl (C=O) groups is 2. The highest BCUT2D eigenvalue weighted by molar-refractivity contribution is 6.52. The lowest BCUT2D eigenvalue weighted by Crippen LogP contribution is -2.23. The maximum Gasteiger partial charge on any atom is 0.296 e. The Balaban J connectivity index is 1.76. The number of halogens is 3. The maximum absolute atomic E-state index is 13.0. The van der Waals surface area contributed by atoms with Crippen molar-refractivity contribution >= 4 is 63.1 Å². The van der Waals surface area contributed by atoms with Gasteiger partial charge in [0, 0.05) is 28.2 Å². The summed E-state index contributed by atoms with van der Waals surface area (Å²) in [7, 11) is 0. The molecule has 0 unspecified atom stereocenters. The summed E-state index contributed by atoms with van der Waals surface area (Å²) in [6.45, 7) is 0.394. The lowest BCUT2D eigenvalue weighted by atomic mass is 10.1. The number of Topliss-reactive ketones (excluding diaryl/α,β-unsaturated/α-hetero) is 1. The second kappa shape index (κ2) is 8.48. The number of amides is 1. The molecule has 1 amide bonds. The molecule has 0 aliphatic heterocycles. The molecule has 4 aromatic rings. The minimum absolute atomic E-state index is 0.101. The molecule has 30 heavy (non-hydrogen) atoms. The summed E-state index contributed by atoms with van der Waals surface area (Å²) in [6.07, 6.45) is 3.02. The molecule has 0 saturated carbocycles. The molecule has 0 radical (unpaired) electrons. The van der Waals surface area contributed by atoms with Crippen molar-refractivity contribution < 1.29 is 9.59 Å². The monoisotopic (exact) mass is 457 g/mol. The Bertz CT molecular complexity index is 1250. The average Bonchev–Trinajstić information content (AvgIpc) is 3.00. The zero-order valence-electron chi connectivity index (χ0n) is 15.4. The number of hydrogen-bond acceptors (Lipinski definition) is 3. The maximum atomic E-state index is 13.0. The van der Waals surface area contributed by atoms with Gasteiger partial charge >= 0.3 is 0 Å². The summed E-state index contributed by atoms with van der Waals surface area (Å²) in [5, 5.41) is 4.27. The van der Waals surface area contributed by atoms with Crippen LogP contribution in [0.4, 0.5) is 5.69 Å². The van der Waals surface area contributed by atoms with Crippen molar-refractivity contribution in [3.05, 3.63) is 93.3 Å². The molecule has 0 spiro atoms. The third kappa shape index (κ3) is 4.05. The van der Waals surface area contributed by atoms with Crippen LogP contribution in [0.1, 0.15) is 15.9 Å². The smallest absolute Gasteiger partial charge is 0.296 e. The molecular formula is C22H14Cl3N3O2. The molecule has 0 saturated heterocycles. The van der Waals surface area contributed by atoms with Crippen LogP contribution in [0.25, 0.3) is 10.9 Å². The van der Waals surface area contributed by atoms with Crippen LogP contribution in [0, 0.1) is 0 Å². The van der Waals surface area contributed by atoms with Crippen LogP contribution in [0.15, 0.2) is 67.0 Å². The van der Waals surface area contributed by atoms with Gasteiger partial charge in [-0.1, -0.05) is 46.9 Å². The molecule has 4 rings (SSSR count). The number of pyridine rings is 1. The van der Waals surface area contributed by atoms with Gasteiger partial charge in [-0.2, -0.15) is 0 Å². The van der Waals surface area contributed by atoms with Gasteiger partial charge in [0.2, 0.25) is 0 Å². The van der Waals surface area contributed by atoms with E-state index in [0.717, 1.165) is 5.56 Å². The number of nitrogens with zero attached hydrogens (tertiary/aromatic N) is 2. The fraction of sp³-hybridized carbons (Fsp3) is 0.0455. The van der Waals surface area contributed by atoms with Gasteiger partial charge in [0.15, 0.2) is 0 Å². The van der Waals surface area contributed by atoms with E-state index in [1.807, 2.05) is 12.1 Å². The van der Waals surface area contributed by atoms with Gasteiger partial charge in [-0.15, -0.1) is 0 Å². The largest absolute Gasteiger partial charge is 0.327 e. The van der Waals surface area contributed by atoms with E-state index in [-0.39, 0.29) is 10.7 Å². The first-order valence-corrected chi connectivity index (χ1v) is 10.0. The lowest BCUT2D eigenvalue weighted by molar-refractivity contribution is -0.112. The second-order valence-corrected chi connectivity index (χ2v) is 7.80. The van der Waals surface area contributed by atoms with Crippen molar-refractivity contribution in [2.75, 3.05) is 5.32 Å². The molecule has 1 N–H and O–H groups in total. The standard InChI is InChI=1S/C22H14Cl3N3O2/c23-14-5-3-13(4-6-14)12-28-18-8-7-15(24)10-17(18)19(21(28)25)20(29)22(30)27-16-2-1-9-26-11-16/h1-11H,12H2,(H,27,30). The number of hydrogen-bond donors (Lipinski definition) is 1. The van der Waals surface area contributed by atoms with Crippen molar-refractivity contribution in [1.82, 2.24) is 9.55 Å². The Morgan fingerprint density at radius 3 is 2.40 bits per heavy atom. The Hall–Kier alpha value is -2.86. The van der Waals surface area contributed by atoms with Crippen LogP contribution in [0.3, 0.4) is 0 Å². The number of carbonyl (C=O) groups excluding carboxylic acids is 2. The third-order valence-electron chi connectivity index (χ3n) is 4.57. The first-order chi connectivity index (χ1) is 14.4. The predicted octanol–water partition coefficient (Wildman–Crippen LogP) is 5.87. The van der Waals surface area contributed by atoms with Crippen molar-refractivity contribution in [2.24, 2.45) is 0 Å². The van der Waals surface area contributed by atoms with Crippen LogP contribution < -0.4 is 5.32 Å². The van der Waals surface area contributed by atoms with Gasteiger partial charge < -0.3 is 9.88 Å². The zero-order valence-corrected chi connectivity index (χ0v) is 17.7. The summed E-state index contributed by atoms with van der Waals surface area (Å²) in [4.78, 5) is 29.5. The fourth-order valence-corrected chi connectivity index (χ4v) is 3.81. The summed E-state index contributed by atoms with van der Waals surface area (Å²) in [5.41, 5.74) is 2.14. The molecule has 0 atom stereocenters. The molecule has 0 aliphatic carbocycles. The van der Waals surface area contributed by atoms with Gasteiger partial charge in [0.05, 0.1) is 23.0 Å². The topological polar surface area (TPSA) is 64.0 Å². The number of anilines is 1. The highest BCUT2D eigenvalue weighted by atomic mass is 35.5. The van der Waals surface area contributed by atoms with E-state index in [0.29, 0.717) is 33.2 Å². The van der Waals surface area contributed by atoms with Crippen LogP contribution in [-0.4, -0.2) is 21.2 Å². The highest BCUT2D eigenvalue weighted by Crippen LogP contribution is 2.33. The number of rotatable bonds is 5. The summed E-state index contributed by atoms with van der Waals surface area (Å²) in [5.74, 6) is -1.57. The average molecular weight is 459 g/mol. The number of benzene rings is 2. The molecule has 2 heterocycles. The van der Waals surface area contributed by atoms with E-state index >= 15 is 0 Å². The van der Waals surface area contributed by atoms with E-state index in [1.54, 1.807) is 53.2 Å². The predicted molar refractivity (Wildman–Crippen MR) is 120 cm³/mol. The van der Waals surface area contributed by atoms with Crippen LogP contribution in [-0.2, 0) is 11.3 Å². The Morgan fingerprint density at radius 1 is 0.967 bits per heavy atom. The SMILES string of the molecule is O=C(Nc1cccnc1)C(=O)c1c(Cl)n(Cc2ccc(Cl)cc2)c2ccc(Cl)cc12. The zero-order chi connectivity index (χ0) is 21.3. The van der Waals surface area contributed by atoms with Gasteiger partial charge in [-0.25, -0.2) is 0 Å². The summed E-state index contributed by atoms with van der Waals surface area (Å²) in [6, 6.07) is 15.7. The molecule has 0 fully saturated rings. The molecular weight excluding hydrogens is 445 g/mol. The minimum atomic E-state index is -0.810. The van der Waals surface area contributed by atoms with E-state index in [1.165, 1.54) is 6.20 Å². The Labute approximate surface area is 187 Å². The van der Waals surface area contributed by atoms with Crippen molar-refractivity contribution in [2.45, 2.75) is 6.54 Å². The van der Waals surface area contributed by atoms with Crippen molar-refractivity contribution in [1.29, 1.82) is 0 Å². The minimum Gasteiger partial charge on any atom is -0.327 e. The van der Waals surface area contributed by atoms with Crippen molar-refractivity contribution in [3.63, 3.8) is 0 Å². The quantitative estimate of drug-likeness (QED) is 0.301. The molecule has 2 aromatic carbocycles. The molecule has 0 bridgehead atoms. The lowest BCUT2D eigenvalue weighted by Gasteiger charge is -2.08. The van der Waals surface area contributed by atoms with E-state index in [2.05, 4.69) is 10.3 Å². The van der Waals surface area contributed by atoms with E-state index < -0.39 is 11.7 Å². The molecule has 150 valence electrons. The summed E-state index contributed by atoms with van der Waals surface area (Å²) >= 11 is 18.7. The number of ketones is 1. The number of nitrogens with one attached hydrogen (secondary N) is 1. The van der Waals surface area contributed by atoms with Gasteiger partial charge in [-0.3, -0.25) is 14.6 Å². The number of fused-ring (bicyclic) bond motifs is 1. The Kier molecular flexibility index (Phi) is 5.77. The van der Waals surface area contributed by atoms with Gasteiger partial charge in [0.25, 0.3) is 11.7 Å². The molecule has 2 aromatic heterocycles. The fourth-order valence-electron chi connectivity index (χ4n) is 3.18. The van der Waals surface area contributed by atoms with Crippen LogP contribution in [0.2, 0.25) is 15.2 Å². The second-order valence-electron chi connectivity index (χ2n) is 6.56. The molecule has 5 nitrogen and oxygen atoms in total. The first-order valence-electron chi connectivity index (χ1n) is 8.91.